The van der Waals surface area contributed by atoms with Crippen LogP contribution < -0.4 is 15.5 Å². The fraction of sp³-hybridized carbons (Fsp3) is 0.240. The minimum atomic E-state index is -0.0436. The first-order valence-corrected chi connectivity index (χ1v) is 11.5. The fourth-order valence-corrected chi connectivity index (χ4v) is 4.85. The lowest BCUT2D eigenvalue weighted by Crippen LogP contribution is -2.44. The molecular weight excluding hydrogens is 404 g/mol. The molecule has 0 unspecified atom stereocenters. The van der Waals surface area contributed by atoms with Crippen LogP contribution in [0.15, 0.2) is 66.2 Å². The predicted molar refractivity (Wildman–Crippen MR) is 129 cm³/mol. The molecule has 5 rings (SSSR count). The normalized spacial score (nSPS) is 18.0. The Bertz CT molecular complexity index is 1100. The number of anilines is 2. The molecule has 1 aromatic heterocycles. The standard InChI is InChI=1S/C25H26N4OS/c1-28-10-12-29(13-11-28)21-7-5-20(6-8-21)26-17-23-22-9-4-18(24-3-2-14-31-24)15-19(22)16-27-25(23)30/h2-9,14-15,17,26H,10-13,16H2,1H3,(H,27,30). The molecule has 0 radical (unpaired) electrons. The van der Waals surface area contributed by atoms with Crippen LogP contribution in [0.25, 0.3) is 16.0 Å². The fourth-order valence-electron chi connectivity index (χ4n) is 4.12. The first kappa shape index (κ1) is 19.8. The molecule has 1 fully saturated rings. The molecule has 2 aliphatic heterocycles. The lowest BCUT2D eigenvalue weighted by molar-refractivity contribution is -0.116. The van der Waals surface area contributed by atoms with E-state index in [0.717, 1.165) is 43.0 Å². The Labute approximate surface area is 187 Å². The minimum absolute atomic E-state index is 0.0436. The number of nitrogens with one attached hydrogen (secondary N) is 2. The van der Waals surface area contributed by atoms with E-state index in [2.05, 4.69) is 87.5 Å². The van der Waals surface area contributed by atoms with Crippen molar-refractivity contribution in [2.24, 2.45) is 0 Å². The average Bonchev–Trinajstić information content (AvgIpc) is 3.34. The van der Waals surface area contributed by atoms with Crippen LogP contribution in [-0.4, -0.2) is 44.0 Å². The molecule has 0 bridgehead atoms. The number of benzene rings is 2. The maximum absolute atomic E-state index is 12.6. The summed E-state index contributed by atoms with van der Waals surface area (Å²) in [4.78, 5) is 18.6. The molecule has 0 spiro atoms. The summed E-state index contributed by atoms with van der Waals surface area (Å²) in [5.74, 6) is -0.0436. The van der Waals surface area contributed by atoms with E-state index in [-0.39, 0.29) is 5.91 Å². The number of carbonyl (C=O) groups excluding carboxylic acids is 1. The third kappa shape index (κ3) is 4.22. The molecule has 6 heteroatoms. The zero-order valence-corrected chi connectivity index (χ0v) is 18.4. The smallest absolute Gasteiger partial charge is 0.253 e. The molecule has 3 aromatic rings. The summed E-state index contributed by atoms with van der Waals surface area (Å²) in [5.41, 5.74) is 6.21. The van der Waals surface area contributed by atoms with Crippen LogP contribution >= 0.6 is 11.3 Å². The molecule has 2 aromatic carbocycles. The van der Waals surface area contributed by atoms with Crippen molar-refractivity contribution >= 4 is 34.2 Å². The molecule has 1 amide bonds. The van der Waals surface area contributed by atoms with Crippen LogP contribution in [0.3, 0.4) is 0 Å². The van der Waals surface area contributed by atoms with Gasteiger partial charge in [-0.05, 0) is 65.5 Å². The Balaban J connectivity index is 1.33. The second kappa shape index (κ2) is 8.57. The van der Waals surface area contributed by atoms with E-state index in [0.29, 0.717) is 12.1 Å². The monoisotopic (exact) mass is 430 g/mol. The van der Waals surface area contributed by atoms with Crippen molar-refractivity contribution in [3.05, 3.63) is 77.3 Å². The van der Waals surface area contributed by atoms with Gasteiger partial charge in [0.15, 0.2) is 0 Å². The van der Waals surface area contributed by atoms with Crippen LogP contribution in [0.1, 0.15) is 11.1 Å². The highest BCUT2D eigenvalue weighted by Crippen LogP contribution is 2.31. The Hall–Kier alpha value is -3.09. The summed E-state index contributed by atoms with van der Waals surface area (Å²) in [6.45, 7) is 4.85. The summed E-state index contributed by atoms with van der Waals surface area (Å²) < 4.78 is 0. The second-order valence-electron chi connectivity index (χ2n) is 8.07. The van der Waals surface area contributed by atoms with Crippen molar-refractivity contribution in [3.8, 4) is 10.4 Å². The highest BCUT2D eigenvalue weighted by molar-refractivity contribution is 7.13. The van der Waals surface area contributed by atoms with E-state index >= 15 is 0 Å². The summed E-state index contributed by atoms with van der Waals surface area (Å²) in [7, 11) is 2.17. The third-order valence-electron chi connectivity index (χ3n) is 6.00. The predicted octanol–water partition coefficient (Wildman–Crippen LogP) is 4.25. The first-order chi connectivity index (χ1) is 15.2. The highest BCUT2D eigenvalue weighted by atomic mass is 32.1. The molecule has 2 aliphatic rings. The first-order valence-electron chi connectivity index (χ1n) is 10.6. The molecule has 1 saturated heterocycles. The van der Waals surface area contributed by atoms with Gasteiger partial charge in [-0.25, -0.2) is 0 Å². The number of hydrogen-bond acceptors (Lipinski definition) is 5. The zero-order valence-electron chi connectivity index (χ0n) is 17.6. The summed E-state index contributed by atoms with van der Waals surface area (Å²) in [5, 5.41) is 8.40. The van der Waals surface area contributed by atoms with Crippen LogP contribution in [-0.2, 0) is 11.3 Å². The van der Waals surface area contributed by atoms with Gasteiger partial charge in [0.25, 0.3) is 5.91 Å². The van der Waals surface area contributed by atoms with Gasteiger partial charge in [-0.1, -0.05) is 18.2 Å². The van der Waals surface area contributed by atoms with E-state index in [4.69, 9.17) is 0 Å². The lowest BCUT2D eigenvalue weighted by atomic mass is 9.94. The average molecular weight is 431 g/mol. The largest absolute Gasteiger partial charge is 0.369 e. The number of nitrogens with zero attached hydrogens (tertiary/aromatic N) is 2. The molecule has 0 aliphatic carbocycles. The molecule has 31 heavy (non-hydrogen) atoms. The molecule has 158 valence electrons. The number of carbonyl (C=O) groups is 1. The maximum Gasteiger partial charge on any atom is 0.253 e. The van der Waals surface area contributed by atoms with Crippen molar-refractivity contribution in [1.82, 2.24) is 10.2 Å². The number of likely N-dealkylation sites (N-methyl/N-ethyl adjacent to an activating group) is 1. The molecule has 2 N–H and O–H groups in total. The highest BCUT2D eigenvalue weighted by Gasteiger charge is 2.21. The van der Waals surface area contributed by atoms with Gasteiger partial charge < -0.3 is 20.4 Å². The topological polar surface area (TPSA) is 47.6 Å². The van der Waals surface area contributed by atoms with E-state index < -0.39 is 0 Å². The van der Waals surface area contributed by atoms with Crippen LogP contribution in [0.5, 0.6) is 0 Å². The Morgan fingerprint density at radius 1 is 1.03 bits per heavy atom. The number of fused-ring (bicyclic) bond motifs is 1. The van der Waals surface area contributed by atoms with Gasteiger partial charge in [-0.3, -0.25) is 4.79 Å². The van der Waals surface area contributed by atoms with E-state index in [9.17, 15) is 4.79 Å². The second-order valence-corrected chi connectivity index (χ2v) is 9.02. The van der Waals surface area contributed by atoms with Gasteiger partial charge >= 0.3 is 0 Å². The van der Waals surface area contributed by atoms with Crippen LogP contribution in [0.4, 0.5) is 11.4 Å². The third-order valence-corrected chi connectivity index (χ3v) is 6.92. The van der Waals surface area contributed by atoms with Gasteiger partial charge in [0, 0.05) is 55.2 Å². The molecule has 3 heterocycles. The molecule has 0 saturated carbocycles. The van der Waals surface area contributed by atoms with Crippen molar-refractivity contribution in [2.45, 2.75) is 6.54 Å². The number of piperazine rings is 1. The number of rotatable bonds is 4. The number of amides is 1. The van der Waals surface area contributed by atoms with Gasteiger partial charge in [-0.15, -0.1) is 11.3 Å². The van der Waals surface area contributed by atoms with E-state index in [1.807, 2.05) is 6.20 Å². The minimum Gasteiger partial charge on any atom is -0.369 e. The van der Waals surface area contributed by atoms with Gasteiger partial charge in [0.1, 0.15) is 0 Å². The van der Waals surface area contributed by atoms with Crippen molar-refractivity contribution < 1.29 is 4.79 Å². The lowest BCUT2D eigenvalue weighted by Gasteiger charge is -2.34. The summed E-state index contributed by atoms with van der Waals surface area (Å²) in [6, 6.07) is 19.0. The van der Waals surface area contributed by atoms with Crippen LogP contribution in [0, 0.1) is 0 Å². The summed E-state index contributed by atoms with van der Waals surface area (Å²) in [6.07, 6.45) is 1.82. The molecule has 5 nitrogen and oxygen atoms in total. The zero-order chi connectivity index (χ0) is 21.2. The van der Waals surface area contributed by atoms with Gasteiger partial charge in [-0.2, -0.15) is 0 Å². The van der Waals surface area contributed by atoms with Gasteiger partial charge in [0.05, 0.1) is 5.57 Å². The van der Waals surface area contributed by atoms with Crippen molar-refractivity contribution in [3.63, 3.8) is 0 Å². The van der Waals surface area contributed by atoms with E-state index in [1.54, 1.807) is 11.3 Å². The Morgan fingerprint density at radius 3 is 2.58 bits per heavy atom. The Morgan fingerprint density at radius 2 is 1.84 bits per heavy atom. The molecule has 0 atom stereocenters. The Kier molecular flexibility index (Phi) is 5.49. The van der Waals surface area contributed by atoms with Crippen molar-refractivity contribution in [2.75, 3.05) is 43.4 Å². The maximum atomic E-state index is 12.6. The van der Waals surface area contributed by atoms with E-state index in [1.165, 1.54) is 16.1 Å². The molecular formula is C25H26N4OS. The SMILES string of the molecule is CN1CCN(c2ccc(NC=C3C(=O)NCc4cc(-c5cccs5)ccc43)cc2)CC1. The number of thiophene rings is 1. The van der Waals surface area contributed by atoms with Crippen LogP contribution in [0.2, 0.25) is 0 Å². The number of hydrogen-bond donors (Lipinski definition) is 2. The summed E-state index contributed by atoms with van der Waals surface area (Å²) >= 11 is 1.73. The van der Waals surface area contributed by atoms with Gasteiger partial charge in [0.2, 0.25) is 0 Å². The quantitative estimate of drug-likeness (QED) is 0.608. The van der Waals surface area contributed by atoms with Crippen molar-refractivity contribution in [1.29, 1.82) is 0 Å².